The molecule has 0 radical (unpaired) electrons. The molecule has 0 saturated heterocycles. The Morgan fingerprint density at radius 1 is 1.33 bits per heavy atom. The first kappa shape index (κ1) is 14.1. The lowest BCUT2D eigenvalue weighted by molar-refractivity contribution is -0.139. The maximum atomic E-state index is 12.9. The van der Waals surface area contributed by atoms with Crippen molar-refractivity contribution in [2.45, 2.75) is 25.8 Å². The molecule has 1 aromatic carbocycles. The Balaban J connectivity index is 2.80. The van der Waals surface area contributed by atoms with Crippen molar-refractivity contribution in [2.75, 3.05) is 0 Å². The van der Waals surface area contributed by atoms with Crippen molar-refractivity contribution in [1.82, 2.24) is 5.32 Å². The third-order valence-corrected chi connectivity index (χ3v) is 2.36. The van der Waals surface area contributed by atoms with Gasteiger partial charge in [-0.1, -0.05) is 13.3 Å². The highest BCUT2D eigenvalue weighted by atomic mass is 19.2. The Morgan fingerprint density at radius 3 is 2.50 bits per heavy atom. The number of carbonyl (C=O) groups is 2. The predicted octanol–water partition coefficient (Wildman–Crippen LogP) is 1.95. The van der Waals surface area contributed by atoms with Crippen LogP contribution in [-0.4, -0.2) is 23.0 Å². The predicted molar refractivity (Wildman–Crippen MR) is 60.2 cm³/mol. The largest absolute Gasteiger partial charge is 0.480 e. The smallest absolute Gasteiger partial charge is 0.326 e. The molecule has 0 aliphatic rings. The summed E-state index contributed by atoms with van der Waals surface area (Å²) in [6.07, 6.45) is 0.847. The zero-order chi connectivity index (χ0) is 13.7. The van der Waals surface area contributed by atoms with Crippen molar-refractivity contribution in [3.8, 4) is 0 Å². The van der Waals surface area contributed by atoms with Crippen LogP contribution in [0.4, 0.5) is 8.78 Å². The van der Waals surface area contributed by atoms with Crippen molar-refractivity contribution < 1.29 is 23.5 Å². The number of hydrogen-bond acceptors (Lipinski definition) is 2. The highest BCUT2D eigenvalue weighted by Gasteiger charge is 2.20. The van der Waals surface area contributed by atoms with Crippen molar-refractivity contribution >= 4 is 11.9 Å². The van der Waals surface area contributed by atoms with E-state index in [4.69, 9.17) is 5.11 Å². The number of aliphatic carboxylic acids is 1. The number of carbonyl (C=O) groups excluding carboxylic acids is 1. The van der Waals surface area contributed by atoms with Gasteiger partial charge in [0.25, 0.3) is 5.91 Å². The summed E-state index contributed by atoms with van der Waals surface area (Å²) in [6.45, 7) is 1.78. The summed E-state index contributed by atoms with van der Waals surface area (Å²) in [5, 5.41) is 11.1. The topological polar surface area (TPSA) is 66.4 Å². The van der Waals surface area contributed by atoms with Gasteiger partial charge in [-0.25, -0.2) is 13.6 Å². The minimum Gasteiger partial charge on any atom is -0.480 e. The molecular formula is C12H13F2NO3. The number of halogens is 2. The van der Waals surface area contributed by atoms with E-state index in [0.717, 1.165) is 18.2 Å². The van der Waals surface area contributed by atoms with Gasteiger partial charge >= 0.3 is 5.97 Å². The Bertz CT molecular complexity index is 463. The maximum Gasteiger partial charge on any atom is 0.326 e. The second-order valence-corrected chi connectivity index (χ2v) is 3.78. The first-order chi connectivity index (χ1) is 8.45. The van der Waals surface area contributed by atoms with Gasteiger partial charge in [-0.3, -0.25) is 4.79 Å². The fourth-order valence-electron chi connectivity index (χ4n) is 1.43. The molecule has 1 rings (SSSR count). The van der Waals surface area contributed by atoms with Crippen LogP contribution in [0, 0.1) is 11.6 Å². The van der Waals surface area contributed by atoms with E-state index < -0.39 is 29.6 Å². The molecule has 0 heterocycles. The average Bonchev–Trinajstić information content (AvgIpc) is 2.31. The summed E-state index contributed by atoms with van der Waals surface area (Å²) in [4.78, 5) is 22.5. The molecule has 1 atom stereocenters. The number of rotatable bonds is 5. The highest BCUT2D eigenvalue weighted by molar-refractivity contribution is 5.96. The number of hydrogen-bond donors (Lipinski definition) is 2. The lowest BCUT2D eigenvalue weighted by Gasteiger charge is -2.13. The van der Waals surface area contributed by atoms with Crippen LogP contribution in [0.15, 0.2) is 18.2 Å². The van der Waals surface area contributed by atoms with Crippen LogP contribution < -0.4 is 5.32 Å². The Morgan fingerprint density at radius 2 is 2.00 bits per heavy atom. The van der Waals surface area contributed by atoms with Crippen LogP contribution in [0.3, 0.4) is 0 Å². The molecular weight excluding hydrogens is 244 g/mol. The SMILES string of the molecule is CCCC(NC(=O)c1ccc(F)c(F)c1)C(=O)O. The van der Waals surface area contributed by atoms with Crippen molar-refractivity contribution in [1.29, 1.82) is 0 Å². The molecule has 0 aliphatic heterocycles. The molecule has 1 amide bonds. The Labute approximate surface area is 103 Å². The zero-order valence-electron chi connectivity index (χ0n) is 9.74. The van der Waals surface area contributed by atoms with Crippen LogP contribution in [-0.2, 0) is 4.79 Å². The average molecular weight is 257 g/mol. The molecule has 0 bridgehead atoms. The van der Waals surface area contributed by atoms with Gasteiger partial charge in [-0.15, -0.1) is 0 Å². The lowest BCUT2D eigenvalue weighted by atomic mass is 10.1. The summed E-state index contributed by atoms with van der Waals surface area (Å²) in [5.74, 6) is -4.11. The molecule has 4 nitrogen and oxygen atoms in total. The molecule has 6 heteroatoms. The molecule has 0 aromatic heterocycles. The summed E-state index contributed by atoms with van der Waals surface area (Å²) >= 11 is 0. The van der Waals surface area contributed by atoms with Crippen molar-refractivity contribution in [2.24, 2.45) is 0 Å². The molecule has 0 saturated carbocycles. The molecule has 2 N–H and O–H groups in total. The van der Waals surface area contributed by atoms with Crippen molar-refractivity contribution in [3.63, 3.8) is 0 Å². The van der Waals surface area contributed by atoms with E-state index in [-0.39, 0.29) is 12.0 Å². The van der Waals surface area contributed by atoms with Gasteiger partial charge in [0, 0.05) is 5.56 Å². The minimum absolute atomic E-state index is 0.115. The quantitative estimate of drug-likeness (QED) is 0.847. The summed E-state index contributed by atoms with van der Waals surface area (Å²) in [7, 11) is 0. The van der Waals surface area contributed by atoms with Crippen LogP contribution in [0.2, 0.25) is 0 Å². The van der Waals surface area contributed by atoms with Gasteiger partial charge in [-0.2, -0.15) is 0 Å². The van der Waals surface area contributed by atoms with E-state index in [1.165, 1.54) is 0 Å². The lowest BCUT2D eigenvalue weighted by Crippen LogP contribution is -2.40. The normalized spacial score (nSPS) is 11.9. The standard InChI is InChI=1S/C12H13F2NO3/c1-2-3-10(12(17)18)15-11(16)7-4-5-8(13)9(14)6-7/h4-6,10H,2-3H2,1H3,(H,15,16)(H,17,18). The molecule has 98 valence electrons. The maximum absolute atomic E-state index is 12.9. The summed E-state index contributed by atoms with van der Waals surface area (Å²) in [5.41, 5.74) is -0.115. The van der Waals surface area contributed by atoms with Gasteiger partial charge in [-0.05, 0) is 24.6 Å². The fraction of sp³-hybridized carbons (Fsp3) is 0.333. The molecule has 18 heavy (non-hydrogen) atoms. The van der Waals surface area contributed by atoms with Gasteiger partial charge in [0.05, 0.1) is 0 Å². The highest BCUT2D eigenvalue weighted by Crippen LogP contribution is 2.09. The van der Waals surface area contributed by atoms with E-state index in [1.54, 1.807) is 6.92 Å². The van der Waals surface area contributed by atoms with Gasteiger partial charge < -0.3 is 10.4 Å². The van der Waals surface area contributed by atoms with E-state index in [9.17, 15) is 18.4 Å². The third-order valence-electron chi connectivity index (χ3n) is 2.36. The van der Waals surface area contributed by atoms with Crippen LogP contribution in [0.1, 0.15) is 30.1 Å². The Kier molecular flexibility index (Phi) is 4.76. The van der Waals surface area contributed by atoms with E-state index in [1.807, 2.05) is 0 Å². The Hall–Kier alpha value is -1.98. The monoisotopic (exact) mass is 257 g/mol. The molecule has 1 unspecified atom stereocenters. The number of nitrogens with one attached hydrogen (secondary N) is 1. The van der Waals surface area contributed by atoms with E-state index in [0.29, 0.717) is 6.42 Å². The molecule has 0 spiro atoms. The second kappa shape index (κ2) is 6.09. The summed E-state index contributed by atoms with van der Waals surface area (Å²) < 4.78 is 25.6. The van der Waals surface area contributed by atoms with Gasteiger partial charge in [0.2, 0.25) is 0 Å². The molecule has 1 aromatic rings. The fourth-order valence-corrected chi connectivity index (χ4v) is 1.43. The number of carboxylic acid groups (broad SMARTS) is 1. The first-order valence-electron chi connectivity index (χ1n) is 5.44. The number of carboxylic acids is 1. The zero-order valence-corrected chi connectivity index (χ0v) is 9.74. The minimum atomic E-state index is -1.16. The number of benzene rings is 1. The third kappa shape index (κ3) is 3.51. The first-order valence-corrected chi connectivity index (χ1v) is 5.44. The van der Waals surface area contributed by atoms with Gasteiger partial charge in [0.1, 0.15) is 6.04 Å². The van der Waals surface area contributed by atoms with E-state index in [2.05, 4.69) is 5.32 Å². The number of amides is 1. The van der Waals surface area contributed by atoms with Gasteiger partial charge in [0.15, 0.2) is 11.6 Å². The van der Waals surface area contributed by atoms with Crippen molar-refractivity contribution in [3.05, 3.63) is 35.4 Å². The van der Waals surface area contributed by atoms with Crippen LogP contribution >= 0.6 is 0 Å². The van der Waals surface area contributed by atoms with Crippen LogP contribution in [0.5, 0.6) is 0 Å². The second-order valence-electron chi connectivity index (χ2n) is 3.78. The van der Waals surface area contributed by atoms with Crippen LogP contribution in [0.25, 0.3) is 0 Å². The summed E-state index contributed by atoms with van der Waals surface area (Å²) in [6, 6.07) is 1.61. The van der Waals surface area contributed by atoms with E-state index >= 15 is 0 Å². The molecule has 0 aliphatic carbocycles. The molecule has 0 fully saturated rings.